The number of aryl methyl sites for hydroxylation is 2. The number of nitrogens with zero attached hydrogens (tertiary/aromatic N) is 3. The van der Waals surface area contributed by atoms with Gasteiger partial charge in [0.15, 0.2) is 0 Å². The van der Waals surface area contributed by atoms with Crippen LogP contribution in [0.2, 0.25) is 0 Å². The van der Waals surface area contributed by atoms with E-state index in [2.05, 4.69) is 135 Å². The molecule has 3 aromatic carbocycles. The SMILES string of the molecule is Cc1c[c-]c(-c2ccc(CC(C)(C)C)cn2)cc1.Cc1cnc(-c2[c-]ccc3c2oc2c3ccc3sc(C(C)(C)C)nc32)cc1C(C)C.[Ir]. The summed E-state index contributed by atoms with van der Waals surface area (Å²) in [5, 5.41) is 3.30. The summed E-state index contributed by atoms with van der Waals surface area (Å²) in [5.41, 5.74) is 11.8. The number of furan rings is 1. The van der Waals surface area contributed by atoms with Crippen LogP contribution in [0.5, 0.6) is 0 Å². The van der Waals surface area contributed by atoms with Crippen LogP contribution >= 0.6 is 11.3 Å². The second kappa shape index (κ2) is 14.3. The predicted octanol–water partition coefficient (Wildman–Crippen LogP) is 12.2. The van der Waals surface area contributed by atoms with Gasteiger partial charge in [0.25, 0.3) is 0 Å². The Morgan fingerprint density at radius 1 is 0.816 bits per heavy atom. The first-order chi connectivity index (χ1) is 22.7. The van der Waals surface area contributed by atoms with Gasteiger partial charge < -0.3 is 14.4 Å². The molecule has 0 amide bonds. The Balaban J connectivity index is 0.000000212. The standard InChI is InChI=1S/C26H25N2OS.C17H20N.Ir/c1-14(2)19-12-20(27-13-15(19)3)18-9-7-8-16-17-10-11-21-22(24(17)29-23(16)18)28-25(30-21)26(4,5)6;1-13-5-8-15(9-6-13)16-10-7-14(12-18-16)11-17(2,3)4;/h7-8,10-14H,1-6H3;5-8,10,12H,11H2,1-4H3;/q2*-1;. The van der Waals surface area contributed by atoms with E-state index in [1.807, 2.05) is 24.5 Å². The van der Waals surface area contributed by atoms with E-state index in [4.69, 9.17) is 14.4 Å². The maximum atomic E-state index is 6.48. The van der Waals surface area contributed by atoms with Crippen molar-refractivity contribution in [2.24, 2.45) is 5.41 Å². The van der Waals surface area contributed by atoms with Crippen molar-refractivity contribution >= 4 is 43.5 Å². The number of pyridine rings is 2. The number of hydrogen-bond acceptors (Lipinski definition) is 5. The van der Waals surface area contributed by atoms with Crippen molar-refractivity contribution < 1.29 is 24.5 Å². The molecule has 255 valence electrons. The zero-order valence-corrected chi connectivity index (χ0v) is 33.4. The zero-order valence-electron chi connectivity index (χ0n) is 30.2. The summed E-state index contributed by atoms with van der Waals surface area (Å²) in [6.45, 7) is 21.9. The van der Waals surface area contributed by atoms with Gasteiger partial charge >= 0.3 is 0 Å². The molecule has 0 aliphatic heterocycles. The molecule has 0 bridgehead atoms. The monoisotopic (exact) mass is 844 g/mol. The van der Waals surface area contributed by atoms with E-state index in [-0.39, 0.29) is 25.5 Å². The van der Waals surface area contributed by atoms with Crippen molar-refractivity contribution in [1.82, 2.24) is 15.0 Å². The second-order valence-corrected chi connectivity index (χ2v) is 16.4. The van der Waals surface area contributed by atoms with Gasteiger partial charge in [-0.3, -0.25) is 0 Å². The fraction of sp³-hybridized carbons (Fsp3) is 0.326. The molecule has 0 aliphatic rings. The summed E-state index contributed by atoms with van der Waals surface area (Å²) in [6.07, 6.45) is 4.99. The van der Waals surface area contributed by atoms with Gasteiger partial charge in [-0.15, -0.1) is 64.9 Å². The smallest absolute Gasteiger partial charge is 0.148 e. The average Bonchev–Trinajstić information content (AvgIpc) is 3.64. The van der Waals surface area contributed by atoms with Crippen LogP contribution in [-0.4, -0.2) is 15.0 Å². The summed E-state index contributed by atoms with van der Waals surface area (Å²) >= 11 is 1.75. The van der Waals surface area contributed by atoms with E-state index in [1.54, 1.807) is 11.3 Å². The summed E-state index contributed by atoms with van der Waals surface area (Å²) < 4.78 is 7.64. The van der Waals surface area contributed by atoms with Gasteiger partial charge in [-0.1, -0.05) is 97.5 Å². The van der Waals surface area contributed by atoms with E-state index in [0.29, 0.717) is 11.3 Å². The molecule has 0 aliphatic carbocycles. The van der Waals surface area contributed by atoms with Gasteiger partial charge in [-0.2, -0.15) is 0 Å². The number of hydrogen-bond donors (Lipinski definition) is 0. The van der Waals surface area contributed by atoms with Gasteiger partial charge in [0.2, 0.25) is 0 Å². The molecule has 6 heteroatoms. The first-order valence-electron chi connectivity index (χ1n) is 16.8. The Bertz CT molecular complexity index is 2210. The molecule has 7 aromatic rings. The van der Waals surface area contributed by atoms with Crippen LogP contribution in [0.4, 0.5) is 0 Å². The first-order valence-corrected chi connectivity index (χ1v) is 17.6. The molecule has 0 saturated heterocycles. The van der Waals surface area contributed by atoms with E-state index in [9.17, 15) is 0 Å². The summed E-state index contributed by atoms with van der Waals surface area (Å²) in [5.74, 6) is 0.437. The minimum atomic E-state index is 0. The number of benzene rings is 3. The van der Waals surface area contributed by atoms with Crippen LogP contribution < -0.4 is 0 Å². The molecular formula is C43H45IrN3OS-2. The van der Waals surface area contributed by atoms with Crippen LogP contribution in [0.15, 0.2) is 77.5 Å². The molecule has 0 fully saturated rings. The second-order valence-electron chi connectivity index (χ2n) is 15.4. The van der Waals surface area contributed by atoms with Crippen LogP contribution in [-0.2, 0) is 31.9 Å². The van der Waals surface area contributed by atoms with E-state index < -0.39 is 0 Å². The van der Waals surface area contributed by atoms with Crippen molar-refractivity contribution in [3.8, 4) is 22.5 Å². The third-order valence-corrected chi connectivity index (χ3v) is 9.87. The van der Waals surface area contributed by atoms with Gasteiger partial charge in [0.1, 0.15) is 11.1 Å². The van der Waals surface area contributed by atoms with Gasteiger partial charge in [0.05, 0.1) is 15.3 Å². The first kappa shape index (κ1) is 36.6. The molecular weight excluding hydrogens is 799 g/mol. The number of thiazole rings is 1. The van der Waals surface area contributed by atoms with E-state index in [1.165, 1.54) is 22.3 Å². The summed E-state index contributed by atoms with van der Waals surface area (Å²) in [6, 6.07) is 27.6. The van der Waals surface area contributed by atoms with Crippen molar-refractivity contribution in [2.45, 2.75) is 87.0 Å². The molecule has 0 N–H and O–H groups in total. The van der Waals surface area contributed by atoms with Crippen LogP contribution in [0, 0.1) is 31.4 Å². The molecule has 4 heterocycles. The molecule has 4 nitrogen and oxygen atoms in total. The topological polar surface area (TPSA) is 51.8 Å². The van der Waals surface area contributed by atoms with Crippen LogP contribution in [0.1, 0.15) is 88.6 Å². The molecule has 0 unspecified atom stereocenters. The Hall–Kier alpha value is -3.70. The minimum absolute atomic E-state index is 0. The predicted molar refractivity (Wildman–Crippen MR) is 203 cm³/mol. The van der Waals surface area contributed by atoms with E-state index >= 15 is 0 Å². The van der Waals surface area contributed by atoms with Crippen LogP contribution in [0.25, 0.3) is 54.7 Å². The fourth-order valence-electron chi connectivity index (χ4n) is 5.96. The van der Waals surface area contributed by atoms with Gasteiger partial charge in [0, 0.05) is 43.3 Å². The van der Waals surface area contributed by atoms with Crippen molar-refractivity contribution in [1.29, 1.82) is 0 Å². The van der Waals surface area contributed by atoms with Gasteiger partial charge in [-0.25, -0.2) is 4.98 Å². The molecule has 1 radical (unpaired) electrons. The Morgan fingerprint density at radius 3 is 2.18 bits per heavy atom. The fourth-order valence-corrected chi connectivity index (χ4v) is 6.98. The average molecular weight is 844 g/mol. The summed E-state index contributed by atoms with van der Waals surface area (Å²) in [4.78, 5) is 14.2. The molecule has 49 heavy (non-hydrogen) atoms. The maximum Gasteiger partial charge on any atom is 0.148 e. The largest absolute Gasteiger partial charge is 0.498 e. The summed E-state index contributed by atoms with van der Waals surface area (Å²) in [7, 11) is 0. The minimum Gasteiger partial charge on any atom is -0.498 e. The maximum absolute atomic E-state index is 6.48. The molecule has 0 spiro atoms. The third-order valence-electron chi connectivity index (χ3n) is 8.43. The normalized spacial score (nSPS) is 12.0. The number of rotatable bonds is 4. The molecule has 7 rings (SSSR count). The molecule has 4 aromatic heterocycles. The Labute approximate surface area is 308 Å². The molecule has 0 saturated carbocycles. The quantitative estimate of drug-likeness (QED) is 0.166. The van der Waals surface area contributed by atoms with Crippen molar-refractivity contribution in [3.63, 3.8) is 0 Å². The third kappa shape index (κ3) is 8.04. The van der Waals surface area contributed by atoms with Crippen LogP contribution in [0.3, 0.4) is 0 Å². The number of aromatic nitrogens is 3. The van der Waals surface area contributed by atoms with Crippen molar-refractivity contribution in [3.05, 3.63) is 112 Å². The number of fused-ring (bicyclic) bond motifs is 5. The van der Waals surface area contributed by atoms with E-state index in [0.717, 1.165) is 66.1 Å². The Morgan fingerprint density at radius 2 is 1.55 bits per heavy atom. The Kier molecular flexibility index (Phi) is 10.6. The van der Waals surface area contributed by atoms with Gasteiger partial charge in [-0.05, 0) is 58.8 Å². The molecule has 0 atom stereocenters. The zero-order chi connectivity index (χ0) is 34.4. The van der Waals surface area contributed by atoms with Crippen molar-refractivity contribution in [2.75, 3.05) is 0 Å².